The molecule has 0 bridgehead atoms. The van der Waals surface area contributed by atoms with E-state index >= 15 is 0 Å². The van der Waals surface area contributed by atoms with Crippen LogP contribution in [-0.4, -0.2) is 19.3 Å². The van der Waals surface area contributed by atoms with E-state index in [1.807, 2.05) is 23.1 Å². The summed E-state index contributed by atoms with van der Waals surface area (Å²) < 4.78 is 4.02. The van der Waals surface area contributed by atoms with Gasteiger partial charge < -0.3 is 9.88 Å². The number of hydrogen-bond acceptors (Lipinski definition) is 3. The Kier molecular flexibility index (Phi) is 3.46. The van der Waals surface area contributed by atoms with Crippen LogP contribution in [0, 0.1) is 0 Å². The fraction of sp³-hybridized carbons (Fsp3) is 0.500. The molecule has 0 saturated carbocycles. The van der Waals surface area contributed by atoms with Gasteiger partial charge in [-0.15, -0.1) is 0 Å². The van der Waals surface area contributed by atoms with Gasteiger partial charge in [0.2, 0.25) is 5.95 Å². The third-order valence-electron chi connectivity index (χ3n) is 2.56. The van der Waals surface area contributed by atoms with Crippen molar-refractivity contribution in [1.82, 2.24) is 19.3 Å². The minimum absolute atomic E-state index is 0.376. The quantitative estimate of drug-likeness (QED) is 0.863. The van der Waals surface area contributed by atoms with Crippen LogP contribution in [0.4, 0.5) is 11.8 Å². The molecule has 2 aromatic heterocycles. The molecule has 2 heterocycles. The van der Waals surface area contributed by atoms with Gasteiger partial charge in [-0.2, -0.15) is 5.10 Å². The second-order valence-electron chi connectivity index (χ2n) is 4.34. The highest BCUT2D eigenvalue weighted by Crippen LogP contribution is 2.14. The molecule has 0 aromatic carbocycles. The Bertz CT molecular complexity index is 469. The zero-order valence-corrected chi connectivity index (χ0v) is 10.6. The molecule has 0 aliphatic heterocycles. The second-order valence-corrected chi connectivity index (χ2v) is 4.34. The van der Waals surface area contributed by atoms with Crippen molar-refractivity contribution in [2.24, 2.45) is 0 Å². The van der Waals surface area contributed by atoms with Crippen molar-refractivity contribution in [1.29, 1.82) is 0 Å². The summed E-state index contributed by atoms with van der Waals surface area (Å²) in [6, 6.07) is 2.34. The molecule has 0 aliphatic carbocycles. The summed E-state index contributed by atoms with van der Waals surface area (Å²) in [5.41, 5.74) is 0. The van der Waals surface area contributed by atoms with Gasteiger partial charge in [0.15, 0.2) is 5.82 Å². The third-order valence-corrected chi connectivity index (χ3v) is 2.56. The van der Waals surface area contributed by atoms with Gasteiger partial charge in [0.25, 0.3) is 0 Å². The largest absolute Gasteiger partial charge is 0.317 e. The summed E-state index contributed by atoms with van der Waals surface area (Å²) in [6.07, 6.45) is 6.84. The molecule has 17 heavy (non-hydrogen) atoms. The van der Waals surface area contributed by atoms with Gasteiger partial charge >= 0.3 is 0 Å². The van der Waals surface area contributed by atoms with Crippen LogP contribution in [0.5, 0.6) is 0 Å². The number of aryl methyl sites for hydroxylation is 1. The molecule has 0 atom stereocenters. The first kappa shape index (κ1) is 11.7. The van der Waals surface area contributed by atoms with Gasteiger partial charge in [0, 0.05) is 37.2 Å². The minimum Gasteiger partial charge on any atom is -0.317 e. The number of nitrogens with one attached hydrogen (secondary N) is 1. The molecular weight excluding hydrogens is 214 g/mol. The summed E-state index contributed by atoms with van der Waals surface area (Å²) in [4.78, 5) is 4.29. The van der Waals surface area contributed by atoms with E-state index < -0.39 is 0 Å². The van der Waals surface area contributed by atoms with E-state index in [-0.39, 0.29) is 0 Å². The summed E-state index contributed by atoms with van der Waals surface area (Å²) in [5.74, 6) is 1.68. The molecule has 92 valence electrons. The Morgan fingerprint density at radius 2 is 2.18 bits per heavy atom. The molecule has 0 radical (unpaired) electrons. The van der Waals surface area contributed by atoms with E-state index in [1.54, 1.807) is 6.20 Å². The number of anilines is 2. The van der Waals surface area contributed by atoms with Gasteiger partial charge in [-0.1, -0.05) is 6.92 Å². The highest BCUT2D eigenvalue weighted by atomic mass is 15.3. The van der Waals surface area contributed by atoms with Crippen molar-refractivity contribution in [2.45, 2.75) is 39.8 Å². The summed E-state index contributed by atoms with van der Waals surface area (Å²) >= 11 is 0. The number of aromatic nitrogens is 4. The number of rotatable bonds is 5. The monoisotopic (exact) mass is 233 g/mol. The van der Waals surface area contributed by atoms with E-state index in [1.165, 1.54) is 0 Å². The van der Waals surface area contributed by atoms with Crippen molar-refractivity contribution < 1.29 is 0 Å². The van der Waals surface area contributed by atoms with Crippen molar-refractivity contribution in [3.05, 3.63) is 24.7 Å². The van der Waals surface area contributed by atoms with E-state index in [0.29, 0.717) is 6.04 Å². The highest BCUT2D eigenvalue weighted by molar-refractivity contribution is 5.47. The van der Waals surface area contributed by atoms with Crippen molar-refractivity contribution in [2.75, 3.05) is 5.32 Å². The first-order chi connectivity index (χ1) is 8.20. The van der Waals surface area contributed by atoms with E-state index in [9.17, 15) is 0 Å². The molecule has 1 N–H and O–H groups in total. The van der Waals surface area contributed by atoms with E-state index in [4.69, 9.17) is 0 Å². The number of hydrogen-bond donors (Lipinski definition) is 1. The van der Waals surface area contributed by atoms with Gasteiger partial charge in [0.1, 0.15) is 0 Å². The molecule has 2 aromatic rings. The highest BCUT2D eigenvalue weighted by Gasteiger charge is 2.05. The van der Waals surface area contributed by atoms with E-state index in [2.05, 4.69) is 40.7 Å². The SMILES string of the molecule is CCCn1ccnc1Nc1ccn(C(C)C)n1. The molecule has 5 heteroatoms. The molecule has 0 fully saturated rings. The maximum absolute atomic E-state index is 4.44. The second kappa shape index (κ2) is 5.03. The van der Waals surface area contributed by atoms with Crippen molar-refractivity contribution in [3.63, 3.8) is 0 Å². The lowest BCUT2D eigenvalue weighted by Gasteiger charge is -2.07. The predicted octanol–water partition coefficient (Wildman–Crippen LogP) is 2.81. The van der Waals surface area contributed by atoms with Crippen molar-refractivity contribution >= 4 is 11.8 Å². The molecule has 0 saturated heterocycles. The van der Waals surface area contributed by atoms with Crippen LogP contribution >= 0.6 is 0 Å². The van der Waals surface area contributed by atoms with Crippen LogP contribution in [0.15, 0.2) is 24.7 Å². The average Bonchev–Trinajstić information content (AvgIpc) is 2.90. The zero-order valence-electron chi connectivity index (χ0n) is 10.6. The Labute approximate surface area is 101 Å². The smallest absolute Gasteiger partial charge is 0.208 e. The van der Waals surface area contributed by atoms with Crippen molar-refractivity contribution in [3.8, 4) is 0 Å². The molecular formula is C12H19N5. The number of nitrogens with zero attached hydrogens (tertiary/aromatic N) is 4. The fourth-order valence-corrected chi connectivity index (χ4v) is 1.66. The lowest BCUT2D eigenvalue weighted by atomic mass is 10.4. The first-order valence-electron chi connectivity index (χ1n) is 6.04. The van der Waals surface area contributed by atoms with E-state index in [0.717, 1.165) is 24.7 Å². The molecule has 5 nitrogen and oxygen atoms in total. The summed E-state index contributed by atoms with van der Waals surface area (Å²) in [6.45, 7) is 7.33. The molecule has 0 spiro atoms. The van der Waals surface area contributed by atoms with Gasteiger partial charge in [0.05, 0.1) is 0 Å². The topological polar surface area (TPSA) is 47.7 Å². The summed E-state index contributed by atoms with van der Waals surface area (Å²) in [7, 11) is 0. The molecule has 0 aliphatic rings. The van der Waals surface area contributed by atoms with Crippen LogP contribution in [0.25, 0.3) is 0 Å². The van der Waals surface area contributed by atoms with Gasteiger partial charge in [-0.25, -0.2) is 4.98 Å². The Hall–Kier alpha value is -1.78. The Balaban J connectivity index is 2.11. The Morgan fingerprint density at radius 3 is 2.82 bits per heavy atom. The standard InChI is InChI=1S/C12H19N5/c1-4-7-16-9-6-13-12(16)14-11-5-8-17(15-11)10(2)3/h5-6,8-10H,4,7H2,1-3H3,(H,13,14,15). The fourth-order valence-electron chi connectivity index (χ4n) is 1.66. The summed E-state index contributed by atoms with van der Waals surface area (Å²) in [5, 5.41) is 7.67. The minimum atomic E-state index is 0.376. The van der Waals surface area contributed by atoms with Crippen LogP contribution in [-0.2, 0) is 6.54 Å². The van der Waals surface area contributed by atoms with Crippen LogP contribution in [0.3, 0.4) is 0 Å². The average molecular weight is 233 g/mol. The molecule has 0 unspecified atom stereocenters. The van der Waals surface area contributed by atoms with Crippen LogP contribution in [0.1, 0.15) is 33.2 Å². The molecule has 2 rings (SSSR count). The zero-order chi connectivity index (χ0) is 12.3. The molecule has 0 amide bonds. The lowest BCUT2D eigenvalue weighted by Crippen LogP contribution is -2.05. The Morgan fingerprint density at radius 1 is 1.35 bits per heavy atom. The van der Waals surface area contributed by atoms with Crippen LogP contribution in [0.2, 0.25) is 0 Å². The number of imidazole rings is 1. The first-order valence-corrected chi connectivity index (χ1v) is 6.04. The maximum atomic E-state index is 4.44. The normalized spacial score (nSPS) is 11.1. The lowest BCUT2D eigenvalue weighted by molar-refractivity contribution is 0.534. The van der Waals surface area contributed by atoms with Gasteiger partial charge in [-0.05, 0) is 20.3 Å². The van der Waals surface area contributed by atoms with Gasteiger partial charge in [-0.3, -0.25) is 4.68 Å². The van der Waals surface area contributed by atoms with Crippen LogP contribution < -0.4 is 5.32 Å². The predicted molar refractivity (Wildman–Crippen MR) is 68.4 cm³/mol. The third kappa shape index (κ3) is 2.67. The maximum Gasteiger partial charge on any atom is 0.208 e.